The van der Waals surface area contributed by atoms with Crippen LogP contribution in [-0.4, -0.2) is 19.3 Å². The number of benzene rings is 1. The van der Waals surface area contributed by atoms with Crippen molar-refractivity contribution in [3.8, 4) is 0 Å². The van der Waals surface area contributed by atoms with Crippen LogP contribution in [0.5, 0.6) is 0 Å². The number of nitrogens with zero attached hydrogens (tertiary/aromatic N) is 4. The van der Waals surface area contributed by atoms with E-state index in [1.165, 1.54) is 6.07 Å². The van der Waals surface area contributed by atoms with E-state index in [4.69, 9.17) is 0 Å². The van der Waals surface area contributed by atoms with Gasteiger partial charge in [-0.25, -0.2) is 0 Å². The maximum Gasteiger partial charge on any atom is 0.271 e. The fourth-order valence-corrected chi connectivity index (χ4v) is 2.12. The standard InChI is InChI=1S/C13H12N4O2/c18-17(19)12-3-2-11-4-7-15(13(11)10-12)8-9-16-6-1-5-14-16/h1-7,10H,8-9H2. The summed E-state index contributed by atoms with van der Waals surface area (Å²) in [5.41, 5.74) is 0.993. The van der Waals surface area contributed by atoms with Gasteiger partial charge in [-0.1, -0.05) is 0 Å². The lowest BCUT2D eigenvalue weighted by Gasteiger charge is -2.05. The van der Waals surface area contributed by atoms with Crippen molar-refractivity contribution in [2.45, 2.75) is 13.1 Å². The second-order valence-electron chi connectivity index (χ2n) is 4.28. The molecule has 0 unspecified atom stereocenters. The molecule has 0 amide bonds. The normalized spacial score (nSPS) is 10.9. The summed E-state index contributed by atoms with van der Waals surface area (Å²) < 4.78 is 3.84. The summed E-state index contributed by atoms with van der Waals surface area (Å²) in [5, 5.41) is 15.9. The molecule has 0 spiro atoms. The van der Waals surface area contributed by atoms with Crippen molar-refractivity contribution in [2.24, 2.45) is 0 Å². The van der Waals surface area contributed by atoms with Crippen LogP contribution in [0.2, 0.25) is 0 Å². The second-order valence-corrected chi connectivity index (χ2v) is 4.28. The van der Waals surface area contributed by atoms with E-state index in [1.54, 1.807) is 18.3 Å². The second kappa shape index (κ2) is 4.56. The zero-order chi connectivity index (χ0) is 13.2. The van der Waals surface area contributed by atoms with Crippen molar-refractivity contribution in [1.82, 2.24) is 14.3 Å². The van der Waals surface area contributed by atoms with Gasteiger partial charge < -0.3 is 4.57 Å². The molecule has 0 saturated carbocycles. The van der Waals surface area contributed by atoms with E-state index in [2.05, 4.69) is 5.10 Å². The van der Waals surface area contributed by atoms with E-state index in [1.807, 2.05) is 33.8 Å². The maximum atomic E-state index is 10.8. The number of aryl methyl sites for hydroxylation is 2. The highest BCUT2D eigenvalue weighted by molar-refractivity contribution is 5.82. The van der Waals surface area contributed by atoms with Crippen molar-refractivity contribution in [2.75, 3.05) is 0 Å². The Labute approximate surface area is 109 Å². The molecule has 0 fully saturated rings. The zero-order valence-corrected chi connectivity index (χ0v) is 10.1. The molecule has 6 nitrogen and oxygen atoms in total. The van der Waals surface area contributed by atoms with Gasteiger partial charge in [-0.15, -0.1) is 0 Å². The first kappa shape index (κ1) is 11.5. The van der Waals surface area contributed by atoms with Gasteiger partial charge in [0.1, 0.15) is 0 Å². The fraction of sp³-hybridized carbons (Fsp3) is 0.154. The van der Waals surface area contributed by atoms with Crippen LogP contribution in [0.15, 0.2) is 48.9 Å². The number of hydrogen-bond donors (Lipinski definition) is 0. The molecule has 3 aromatic rings. The highest BCUT2D eigenvalue weighted by Crippen LogP contribution is 2.21. The average molecular weight is 256 g/mol. The summed E-state index contributed by atoms with van der Waals surface area (Å²) in [7, 11) is 0. The lowest BCUT2D eigenvalue weighted by atomic mass is 10.2. The number of aromatic nitrogens is 3. The van der Waals surface area contributed by atoms with Crippen LogP contribution < -0.4 is 0 Å². The molecule has 0 aliphatic heterocycles. The molecule has 2 heterocycles. The number of rotatable bonds is 4. The summed E-state index contributed by atoms with van der Waals surface area (Å²) in [4.78, 5) is 10.4. The topological polar surface area (TPSA) is 65.9 Å². The molecule has 0 aliphatic carbocycles. The smallest absolute Gasteiger partial charge is 0.271 e. The minimum atomic E-state index is -0.371. The summed E-state index contributed by atoms with van der Waals surface area (Å²) in [5.74, 6) is 0. The van der Waals surface area contributed by atoms with Gasteiger partial charge in [0.15, 0.2) is 0 Å². The summed E-state index contributed by atoms with van der Waals surface area (Å²) in [6.45, 7) is 1.46. The number of hydrogen-bond acceptors (Lipinski definition) is 3. The van der Waals surface area contributed by atoms with E-state index >= 15 is 0 Å². The highest BCUT2D eigenvalue weighted by atomic mass is 16.6. The lowest BCUT2D eigenvalue weighted by Crippen LogP contribution is -2.06. The van der Waals surface area contributed by atoms with Crippen LogP contribution in [0.4, 0.5) is 5.69 Å². The monoisotopic (exact) mass is 256 g/mol. The molecule has 6 heteroatoms. The molecule has 3 rings (SSSR count). The predicted octanol–water partition coefficient (Wildman–Crippen LogP) is 2.45. The van der Waals surface area contributed by atoms with Gasteiger partial charge in [0.2, 0.25) is 0 Å². The molecule has 0 bridgehead atoms. The predicted molar refractivity (Wildman–Crippen MR) is 70.8 cm³/mol. The van der Waals surface area contributed by atoms with Crippen molar-refractivity contribution >= 4 is 16.6 Å². The molecule has 2 aromatic heterocycles. The third-order valence-corrected chi connectivity index (χ3v) is 3.10. The molecule has 0 aliphatic rings. The molecule has 96 valence electrons. The van der Waals surface area contributed by atoms with Crippen LogP contribution in [0, 0.1) is 10.1 Å². The van der Waals surface area contributed by atoms with E-state index in [0.717, 1.165) is 24.0 Å². The number of nitro groups is 1. The Bertz CT molecular complexity index is 715. The SMILES string of the molecule is O=[N+]([O-])c1ccc2ccn(CCn3cccn3)c2c1. The Hall–Kier alpha value is -2.63. The summed E-state index contributed by atoms with van der Waals surface area (Å²) in [6.07, 6.45) is 5.57. The van der Waals surface area contributed by atoms with Gasteiger partial charge in [0, 0.05) is 42.7 Å². The van der Waals surface area contributed by atoms with Crippen molar-refractivity contribution in [1.29, 1.82) is 0 Å². The Morgan fingerprint density at radius 3 is 2.84 bits per heavy atom. The number of nitro benzene ring substituents is 1. The van der Waals surface area contributed by atoms with Gasteiger partial charge in [-0.05, 0) is 18.2 Å². The van der Waals surface area contributed by atoms with Gasteiger partial charge in [0.25, 0.3) is 5.69 Å². The minimum Gasteiger partial charge on any atom is -0.345 e. The van der Waals surface area contributed by atoms with Crippen molar-refractivity contribution in [3.05, 3.63) is 59.0 Å². The van der Waals surface area contributed by atoms with Crippen LogP contribution in [0.3, 0.4) is 0 Å². The van der Waals surface area contributed by atoms with E-state index in [0.29, 0.717) is 0 Å². The number of non-ortho nitro benzene ring substituents is 1. The molecular weight excluding hydrogens is 244 g/mol. The third-order valence-electron chi connectivity index (χ3n) is 3.10. The van der Waals surface area contributed by atoms with Gasteiger partial charge in [-0.2, -0.15) is 5.10 Å². The quantitative estimate of drug-likeness (QED) is 0.532. The molecule has 1 aromatic carbocycles. The summed E-state index contributed by atoms with van der Waals surface area (Å²) >= 11 is 0. The number of fused-ring (bicyclic) bond motifs is 1. The van der Waals surface area contributed by atoms with E-state index in [-0.39, 0.29) is 10.6 Å². The lowest BCUT2D eigenvalue weighted by molar-refractivity contribution is -0.384. The first-order valence-electron chi connectivity index (χ1n) is 5.95. The maximum absolute atomic E-state index is 10.8. The minimum absolute atomic E-state index is 0.117. The molecule has 0 radical (unpaired) electrons. The average Bonchev–Trinajstić information content (AvgIpc) is 3.05. The largest absolute Gasteiger partial charge is 0.345 e. The Morgan fingerprint density at radius 1 is 1.21 bits per heavy atom. The Balaban J connectivity index is 1.90. The van der Waals surface area contributed by atoms with Gasteiger partial charge in [-0.3, -0.25) is 14.8 Å². The first-order chi connectivity index (χ1) is 9.24. The van der Waals surface area contributed by atoms with Crippen LogP contribution >= 0.6 is 0 Å². The van der Waals surface area contributed by atoms with Gasteiger partial charge in [0.05, 0.1) is 17.0 Å². The molecule has 0 saturated heterocycles. The van der Waals surface area contributed by atoms with Crippen molar-refractivity contribution < 1.29 is 4.92 Å². The van der Waals surface area contributed by atoms with E-state index in [9.17, 15) is 10.1 Å². The van der Waals surface area contributed by atoms with Crippen LogP contribution in [0.1, 0.15) is 0 Å². The Kier molecular flexibility index (Phi) is 2.75. The third kappa shape index (κ3) is 2.20. The molecule has 0 N–H and O–H groups in total. The molecular formula is C13H12N4O2. The van der Waals surface area contributed by atoms with Crippen LogP contribution in [-0.2, 0) is 13.1 Å². The van der Waals surface area contributed by atoms with Gasteiger partial charge >= 0.3 is 0 Å². The van der Waals surface area contributed by atoms with E-state index < -0.39 is 0 Å². The summed E-state index contributed by atoms with van der Waals surface area (Å²) in [6, 6.07) is 8.75. The highest BCUT2D eigenvalue weighted by Gasteiger charge is 2.09. The molecule has 19 heavy (non-hydrogen) atoms. The Morgan fingerprint density at radius 2 is 2.11 bits per heavy atom. The zero-order valence-electron chi connectivity index (χ0n) is 10.1. The fourth-order valence-electron chi connectivity index (χ4n) is 2.12. The van der Waals surface area contributed by atoms with Crippen LogP contribution in [0.25, 0.3) is 10.9 Å². The van der Waals surface area contributed by atoms with Crippen molar-refractivity contribution in [3.63, 3.8) is 0 Å². The molecule has 0 atom stereocenters. The first-order valence-corrected chi connectivity index (χ1v) is 5.95.